The van der Waals surface area contributed by atoms with Gasteiger partial charge in [-0.2, -0.15) is 0 Å². The summed E-state index contributed by atoms with van der Waals surface area (Å²) in [7, 11) is -4.06. The average Bonchev–Trinajstić information content (AvgIpc) is 3.16. The summed E-state index contributed by atoms with van der Waals surface area (Å²) in [6.07, 6.45) is 0.795. The number of carbonyl (C=O) groups excluding carboxylic acids is 1. The lowest BCUT2D eigenvalue weighted by molar-refractivity contribution is -0.384. The van der Waals surface area contributed by atoms with Crippen LogP contribution in [0.15, 0.2) is 80.8 Å². The van der Waals surface area contributed by atoms with Crippen LogP contribution in [-0.2, 0) is 16.6 Å². The van der Waals surface area contributed by atoms with Crippen LogP contribution >= 0.6 is 15.9 Å². The first-order valence-corrected chi connectivity index (χ1v) is 13.9. The molecule has 0 aliphatic carbocycles. The lowest BCUT2D eigenvalue weighted by atomic mass is 10.2. The summed E-state index contributed by atoms with van der Waals surface area (Å²) in [4.78, 5) is 53.8. The van der Waals surface area contributed by atoms with Crippen molar-refractivity contribution in [1.82, 2.24) is 18.8 Å². The van der Waals surface area contributed by atoms with Crippen molar-refractivity contribution < 1.29 is 18.1 Å². The van der Waals surface area contributed by atoms with Gasteiger partial charge < -0.3 is 9.55 Å². The third kappa shape index (κ3) is 4.86. The highest BCUT2D eigenvalue weighted by Gasteiger charge is 2.28. The Labute approximate surface area is 227 Å². The number of rotatable bonds is 6. The second-order valence-electron chi connectivity index (χ2n) is 8.69. The number of nitrogens with zero attached hydrogens (tertiary/aromatic N) is 3. The van der Waals surface area contributed by atoms with E-state index in [1.807, 2.05) is 4.72 Å². The highest BCUT2D eigenvalue weighted by molar-refractivity contribution is 9.10. The molecule has 0 aliphatic rings. The second kappa shape index (κ2) is 9.63. The number of hydrogen-bond donors (Lipinski definition) is 2. The van der Waals surface area contributed by atoms with Gasteiger partial charge in [0.1, 0.15) is 5.69 Å². The predicted octanol–water partition coefficient (Wildman–Crippen LogP) is 3.04. The molecule has 0 radical (unpaired) electrons. The maximum Gasteiger partial charge on any atom is 0.333 e. The minimum Gasteiger partial charge on any atom is -0.330 e. The van der Waals surface area contributed by atoms with Crippen LogP contribution in [0.4, 0.5) is 5.69 Å². The summed E-state index contributed by atoms with van der Waals surface area (Å²) in [5, 5.41) is 11.8. The first-order valence-electron chi connectivity index (χ1n) is 11.3. The molecule has 5 aromatic rings. The van der Waals surface area contributed by atoms with Gasteiger partial charge in [0.25, 0.3) is 17.2 Å². The van der Waals surface area contributed by atoms with Crippen molar-refractivity contribution >= 4 is 59.4 Å². The number of aromatic amines is 1. The van der Waals surface area contributed by atoms with Crippen molar-refractivity contribution in [2.45, 2.75) is 6.54 Å². The molecule has 12 nitrogen and oxygen atoms in total. The quantitative estimate of drug-likeness (QED) is 0.220. The van der Waals surface area contributed by atoms with Crippen LogP contribution < -0.4 is 16.0 Å². The summed E-state index contributed by atoms with van der Waals surface area (Å²) in [6.45, 7) is -0.118. The summed E-state index contributed by atoms with van der Waals surface area (Å²) in [5.74, 6) is -1.09. The van der Waals surface area contributed by atoms with Crippen molar-refractivity contribution in [3.05, 3.63) is 113 Å². The smallest absolute Gasteiger partial charge is 0.330 e. The molecule has 0 atom stereocenters. The van der Waals surface area contributed by atoms with E-state index in [2.05, 4.69) is 20.9 Å². The van der Waals surface area contributed by atoms with E-state index in [-0.39, 0.29) is 39.9 Å². The van der Waals surface area contributed by atoms with E-state index < -0.39 is 32.1 Å². The van der Waals surface area contributed by atoms with Gasteiger partial charge in [-0.3, -0.25) is 19.7 Å². The fraction of sp³-hybridized carbons (Fsp3) is 0.0800. The molecule has 2 aromatic heterocycles. The topological polar surface area (TPSA) is 166 Å². The predicted molar refractivity (Wildman–Crippen MR) is 148 cm³/mol. The number of H-pyrrole nitrogens is 1. The number of para-hydroxylation sites is 1. The minimum absolute atomic E-state index is 0.118. The summed E-state index contributed by atoms with van der Waals surface area (Å²) in [6, 6.07) is 16.9. The Bertz CT molecular complexity index is 2060. The average molecular weight is 612 g/mol. The van der Waals surface area contributed by atoms with Gasteiger partial charge in [-0.05, 0) is 35.9 Å². The number of sulfonamides is 1. The zero-order valence-electron chi connectivity index (χ0n) is 20.0. The normalized spacial score (nSPS) is 11.6. The summed E-state index contributed by atoms with van der Waals surface area (Å²) < 4.78 is 28.8. The van der Waals surface area contributed by atoms with Gasteiger partial charge in [0.05, 0.1) is 33.3 Å². The lowest BCUT2D eigenvalue weighted by Crippen LogP contribution is -2.37. The number of carbonyl (C=O) groups is 1. The van der Waals surface area contributed by atoms with E-state index in [1.54, 1.807) is 42.5 Å². The zero-order chi connectivity index (χ0) is 28.1. The maximum absolute atomic E-state index is 13.6. The number of benzene rings is 3. The minimum atomic E-state index is -4.06. The molecule has 0 aliphatic heterocycles. The monoisotopic (exact) mass is 611 g/mol. The zero-order valence-corrected chi connectivity index (χ0v) is 22.4. The van der Waals surface area contributed by atoms with Gasteiger partial charge in [-0.15, -0.1) is 0 Å². The van der Waals surface area contributed by atoms with Gasteiger partial charge >= 0.3 is 5.69 Å². The standard InChI is InChI=1S/C25H18BrN5O7S/c1-39(37,38)28-23(32)22-21(30-24(33)17-7-2-3-8-19(17)27-25(30)34)18-12-15(26)9-10-20(18)29(22)13-14-5-4-6-16(11-14)31(35)36/h2-12H,13H2,1H3,(H,27,34)(H,28,32). The number of hydrogen-bond acceptors (Lipinski definition) is 7. The molecular weight excluding hydrogens is 594 g/mol. The Morgan fingerprint density at radius 1 is 1.05 bits per heavy atom. The molecular formula is C25H18BrN5O7S. The van der Waals surface area contributed by atoms with Crippen molar-refractivity contribution in [3.63, 3.8) is 0 Å². The van der Waals surface area contributed by atoms with Crippen molar-refractivity contribution in [1.29, 1.82) is 0 Å². The summed E-state index contributed by atoms with van der Waals surface area (Å²) >= 11 is 3.37. The number of nitro benzene ring substituents is 1. The fourth-order valence-corrected chi connectivity index (χ4v) is 5.26. The molecule has 5 rings (SSSR count). The van der Waals surface area contributed by atoms with Crippen LogP contribution in [0.1, 0.15) is 16.1 Å². The molecule has 3 aromatic carbocycles. The van der Waals surface area contributed by atoms with E-state index in [0.29, 0.717) is 15.6 Å². The van der Waals surface area contributed by atoms with Crippen molar-refractivity contribution in [3.8, 4) is 5.69 Å². The van der Waals surface area contributed by atoms with Crippen molar-refractivity contribution in [2.75, 3.05) is 6.26 Å². The molecule has 39 heavy (non-hydrogen) atoms. The molecule has 198 valence electrons. The van der Waals surface area contributed by atoms with Crippen LogP contribution in [0, 0.1) is 10.1 Å². The van der Waals surface area contributed by atoms with Gasteiger partial charge in [0, 0.05) is 28.5 Å². The largest absolute Gasteiger partial charge is 0.333 e. The first kappa shape index (κ1) is 26.1. The highest BCUT2D eigenvalue weighted by atomic mass is 79.9. The molecule has 0 spiro atoms. The molecule has 0 fully saturated rings. The van der Waals surface area contributed by atoms with Crippen LogP contribution in [0.5, 0.6) is 0 Å². The fourth-order valence-electron chi connectivity index (χ4n) is 4.46. The number of amides is 1. The Kier molecular flexibility index (Phi) is 6.44. The number of non-ortho nitro benzene ring substituents is 1. The molecule has 0 bridgehead atoms. The molecule has 1 amide bonds. The van der Waals surface area contributed by atoms with E-state index in [9.17, 15) is 32.9 Å². The highest BCUT2D eigenvalue weighted by Crippen LogP contribution is 2.32. The first-order chi connectivity index (χ1) is 18.4. The van der Waals surface area contributed by atoms with E-state index in [1.165, 1.54) is 28.8 Å². The number of nitrogens with one attached hydrogen (secondary N) is 2. The second-order valence-corrected chi connectivity index (χ2v) is 11.4. The van der Waals surface area contributed by atoms with E-state index in [4.69, 9.17) is 0 Å². The van der Waals surface area contributed by atoms with Gasteiger partial charge in [0.15, 0.2) is 0 Å². The molecule has 0 unspecified atom stereocenters. The number of fused-ring (bicyclic) bond motifs is 2. The van der Waals surface area contributed by atoms with Crippen LogP contribution in [0.25, 0.3) is 27.5 Å². The van der Waals surface area contributed by atoms with Gasteiger partial charge in [0.2, 0.25) is 10.0 Å². The lowest BCUT2D eigenvalue weighted by Gasteiger charge is -2.13. The molecule has 2 heterocycles. The number of halogens is 1. The van der Waals surface area contributed by atoms with Gasteiger partial charge in [-0.25, -0.2) is 22.5 Å². The van der Waals surface area contributed by atoms with Crippen LogP contribution in [0.2, 0.25) is 0 Å². The SMILES string of the molecule is CS(=O)(=O)NC(=O)c1c(-n2c(=O)[nH]c3ccccc3c2=O)c2cc(Br)ccc2n1Cc1cccc([N+](=O)[O-])c1. The molecule has 14 heteroatoms. The Morgan fingerprint density at radius 2 is 1.79 bits per heavy atom. The Balaban J connectivity index is 1.91. The van der Waals surface area contributed by atoms with Crippen LogP contribution in [-0.4, -0.2) is 39.6 Å². The van der Waals surface area contributed by atoms with E-state index >= 15 is 0 Å². The molecule has 0 saturated carbocycles. The number of nitro groups is 1. The Hall–Kier alpha value is -4.56. The van der Waals surface area contributed by atoms with Crippen molar-refractivity contribution in [2.24, 2.45) is 0 Å². The summed E-state index contributed by atoms with van der Waals surface area (Å²) in [5.41, 5.74) is -1.12. The van der Waals surface area contributed by atoms with E-state index in [0.717, 1.165) is 10.8 Å². The van der Waals surface area contributed by atoms with Gasteiger partial charge in [-0.1, -0.05) is 40.2 Å². The Morgan fingerprint density at radius 3 is 2.51 bits per heavy atom. The van der Waals surface area contributed by atoms with Crippen LogP contribution in [0.3, 0.4) is 0 Å². The number of aromatic nitrogens is 3. The third-order valence-electron chi connectivity index (χ3n) is 5.98. The third-order valence-corrected chi connectivity index (χ3v) is 7.03. The molecule has 0 saturated heterocycles. The maximum atomic E-state index is 13.6. The molecule has 2 N–H and O–H groups in total.